The first-order valence-corrected chi connectivity index (χ1v) is 11.6. The maximum atomic E-state index is 13.0. The lowest BCUT2D eigenvalue weighted by atomic mass is 9.75. The molecule has 3 rings (SSSR count). The van der Waals surface area contributed by atoms with Gasteiger partial charge in [-0.05, 0) is 62.7 Å². The number of likely N-dealkylation sites (tertiary alicyclic amines) is 1. The Morgan fingerprint density at radius 2 is 1.56 bits per heavy atom. The highest BCUT2D eigenvalue weighted by Crippen LogP contribution is 2.37. The molecule has 1 aliphatic heterocycles. The summed E-state index contributed by atoms with van der Waals surface area (Å²) in [6.45, 7) is 11.9. The van der Waals surface area contributed by atoms with Crippen LogP contribution < -0.4 is 4.74 Å². The second kappa shape index (κ2) is 12.3. The van der Waals surface area contributed by atoms with Gasteiger partial charge >= 0.3 is 6.18 Å². The summed E-state index contributed by atoms with van der Waals surface area (Å²) in [6.07, 6.45) is 0.444. The van der Waals surface area contributed by atoms with Gasteiger partial charge in [0.05, 0.1) is 5.56 Å². The lowest BCUT2D eigenvalue weighted by Crippen LogP contribution is -2.40. The number of rotatable bonds is 7. The number of piperidine rings is 1. The summed E-state index contributed by atoms with van der Waals surface area (Å²) in [7, 11) is 0. The van der Waals surface area contributed by atoms with E-state index < -0.39 is 11.7 Å². The van der Waals surface area contributed by atoms with Crippen LogP contribution in [-0.2, 0) is 6.18 Å². The van der Waals surface area contributed by atoms with Gasteiger partial charge in [-0.15, -0.1) is 0 Å². The van der Waals surface area contributed by atoms with Gasteiger partial charge in [0.25, 0.3) is 0 Å². The number of para-hydroxylation sites is 1. The predicted octanol–water partition coefficient (Wildman–Crippen LogP) is 7.62. The molecule has 2 nitrogen and oxygen atoms in total. The quantitative estimate of drug-likeness (QED) is 0.431. The van der Waals surface area contributed by atoms with E-state index in [2.05, 4.69) is 44.7 Å². The zero-order chi connectivity index (χ0) is 23.6. The third kappa shape index (κ3) is 9.23. The minimum Gasteiger partial charge on any atom is -0.492 e. The van der Waals surface area contributed by atoms with Gasteiger partial charge in [-0.3, -0.25) is 4.90 Å². The van der Waals surface area contributed by atoms with Crippen LogP contribution in [0.5, 0.6) is 5.75 Å². The lowest BCUT2D eigenvalue weighted by molar-refractivity contribution is -0.139. The molecule has 1 aliphatic rings. The summed E-state index contributed by atoms with van der Waals surface area (Å²) in [6, 6.07) is 15.7. The standard InChI is InChI=1S/C20H30F3NO.C7H8/c1-16(2)8-9-19(3)10-12-24(13-11-19)14-15-25-18-7-5-4-6-17(18)20(21,22)23;1-7-5-3-2-4-6-7/h4-7,16H,8-15H2,1-3H3;2-6H,1H3. The first-order chi connectivity index (χ1) is 15.1. The van der Waals surface area contributed by atoms with Crippen LogP contribution in [0.4, 0.5) is 13.2 Å². The Morgan fingerprint density at radius 1 is 0.969 bits per heavy atom. The molecule has 0 N–H and O–H groups in total. The van der Waals surface area contributed by atoms with Crippen LogP contribution in [-0.4, -0.2) is 31.1 Å². The highest BCUT2D eigenvalue weighted by atomic mass is 19.4. The highest BCUT2D eigenvalue weighted by molar-refractivity contribution is 5.35. The second-order valence-electron chi connectivity index (χ2n) is 9.58. The summed E-state index contributed by atoms with van der Waals surface area (Å²) in [4.78, 5) is 2.30. The van der Waals surface area contributed by atoms with E-state index in [1.807, 2.05) is 18.2 Å². The first kappa shape index (κ1) is 26.2. The van der Waals surface area contributed by atoms with Crippen LogP contribution in [0.2, 0.25) is 0 Å². The molecule has 0 aliphatic carbocycles. The van der Waals surface area contributed by atoms with E-state index in [0.29, 0.717) is 12.0 Å². The average molecular weight is 450 g/mol. The molecule has 178 valence electrons. The van der Waals surface area contributed by atoms with Crippen LogP contribution >= 0.6 is 0 Å². The number of halogens is 3. The summed E-state index contributed by atoms with van der Waals surface area (Å²) in [5, 5.41) is 0. The maximum Gasteiger partial charge on any atom is 0.419 e. The highest BCUT2D eigenvalue weighted by Gasteiger charge is 2.34. The molecule has 5 heteroatoms. The van der Waals surface area contributed by atoms with Crippen molar-refractivity contribution in [1.29, 1.82) is 0 Å². The van der Waals surface area contributed by atoms with Crippen molar-refractivity contribution in [3.63, 3.8) is 0 Å². The number of nitrogens with zero attached hydrogens (tertiary/aromatic N) is 1. The van der Waals surface area contributed by atoms with Crippen LogP contribution in [0.1, 0.15) is 57.6 Å². The van der Waals surface area contributed by atoms with Crippen molar-refractivity contribution in [2.24, 2.45) is 11.3 Å². The van der Waals surface area contributed by atoms with Crippen molar-refractivity contribution in [2.75, 3.05) is 26.2 Å². The smallest absolute Gasteiger partial charge is 0.419 e. The molecule has 0 saturated carbocycles. The van der Waals surface area contributed by atoms with Gasteiger partial charge in [0.2, 0.25) is 0 Å². The largest absolute Gasteiger partial charge is 0.492 e. The Kier molecular flexibility index (Phi) is 10.1. The molecule has 0 atom stereocenters. The molecule has 1 saturated heterocycles. The molecule has 0 bridgehead atoms. The monoisotopic (exact) mass is 449 g/mol. The van der Waals surface area contributed by atoms with Gasteiger partial charge in [-0.2, -0.15) is 13.2 Å². The molecule has 0 spiro atoms. The van der Waals surface area contributed by atoms with Crippen LogP contribution in [0.15, 0.2) is 54.6 Å². The van der Waals surface area contributed by atoms with Gasteiger partial charge in [0, 0.05) is 6.54 Å². The molecule has 1 fully saturated rings. The Hall–Kier alpha value is -2.01. The number of benzene rings is 2. The summed E-state index contributed by atoms with van der Waals surface area (Å²) >= 11 is 0. The Labute approximate surface area is 191 Å². The van der Waals surface area contributed by atoms with Crippen molar-refractivity contribution in [3.8, 4) is 5.75 Å². The van der Waals surface area contributed by atoms with Crippen molar-refractivity contribution in [3.05, 3.63) is 65.7 Å². The van der Waals surface area contributed by atoms with Crippen molar-refractivity contribution in [2.45, 2.75) is 59.6 Å². The number of aryl methyl sites for hydroxylation is 1. The normalized spacial score (nSPS) is 16.4. The fourth-order valence-electron chi connectivity index (χ4n) is 3.85. The molecule has 0 aromatic heterocycles. The van der Waals surface area contributed by atoms with Gasteiger partial charge in [-0.1, -0.05) is 75.2 Å². The zero-order valence-electron chi connectivity index (χ0n) is 19.9. The minimum atomic E-state index is -4.38. The third-order valence-corrected chi connectivity index (χ3v) is 6.19. The number of alkyl halides is 3. The Morgan fingerprint density at radius 3 is 2.09 bits per heavy atom. The van der Waals surface area contributed by atoms with E-state index in [4.69, 9.17) is 4.74 Å². The van der Waals surface area contributed by atoms with E-state index in [0.717, 1.165) is 37.9 Å². The van der Waals surface area contributed by atoms with Crippen LogP contribution in [0.3, 0.4) is 0 Å². The number of hydrogen-bond acceptors (Lipinski definition) is 2. The summed E-state index contributed by atoms with van der Waals surface area (Å²) in [5.74, 6) is 0.658. The van der Waals surface area contributed by atoms with Gasteiger partial charge in [0.1, 0.15) is 12.4 Å². The second-order valence-corrected chi connectivity index (χ2v) is 9.58. The third-order valence-electron chi connectivity index (χ3n) is 6.19. The average Bonchev–Trinajstić information content (AvgIpc) is 2.75. The van der Waals surface area contributed by atoms with Gasteiger partial charge in [-0.25, -0.2) is 0 Å². The Bertz CT molecular complexity index is 781. The maximum absolute atomic E-state index is 13.0. The van der Waals surface area contributed by atoms with E-state index in [-0.39, 0.29) is 12.4 Å². The van der Waals surface area contributed by atoms with E-state index in [1.165, 1.54) is 30.5 Å². The fourth-order valence-corrected chi connectivity index (χ4v) is 3.85. The predicted molar refractivity (Wildman–Crippen MR) is 126 cm³/mol. The molecule has 32 heavy (non-hydrogen) atoms. The van der Waals surface area contributed by atoms with Crippen molar-refractivity contribution >= 4 is 0 Å². The van der Waals surface area contributed by atoms with Gasteiger partial charge in [0.15, 0.2) is 0 Å². The summed E-state index contributed by atoms with van der Waals surface area (Å²) in [5.41, 5.74) is 1.03. The molecular weight excluding hydrogens is 411 g/mol. The summed E-state index contributed by atoms with van der Waals surface area (Å²) < 4.78 is 44.3. The molecule has 1 heterocycles. The molecule has 0 amide bonds. The number of hydrogen-bond donors (Lipinski definition) is 0. The Balaban J connectivity index is 0.000000439. The fraction of sp³-hybridized carbons (Fsp3) is 0.556. The number of ether oxygens (including phenoxy) is 1. The molecule has 0 radical (unpaired) electrons. The molecule has 2 aromatic carbocycles. The topological polar surface area (TPSA) is 12.5 Å². The van der Waals surface area contributed by atoms with E-state index in [1.54, 1.807) is 6.07 Å². The molecular formula is C27H38F3NO. The zero-order valence-corrected chi connectivity index (χ0v) is 19.9. The first-order valence-electron chi connectivity index (χ1n) is 11.6. The van der Waals surface area contributed by atoms with E-state index >= 15 is 0 Å². The van der Waals surface area contributed by atoms with Gasteiger partial charge < -0.3 is 4.74 Å². The molecule has 0 unspecified atom stereocenters. The van der Waals surface area contributed by atoms with Crippen LogP contribution in [0.25, 0.3) is 0 Å². The minimum absolute atomic E-state index is 0.0752. The lowest BCUT2D eigenvalue weighted by Gasteiger charge is -2.40. The van der Waals surface area contributed by atoms with Crippen molar-refractivity contribution in [1.82, 2.24) is 4.90 Å². The van der Waals surface area contributed by atoms with E-state index in [9.17, 15) is 13.2 Å². The molecule has 2 aromatic rings. The SMILES string of the molecule is CC(C)CCC1(C)CCN(CCOc2ccccc2C(F)(F)F)CC1.Cc1ccccc1. The van der Waals surface area contributed by atoms with Crippen LogP contribution in [0, 0.1) is 18.3 Å². The van der Waals surface area contributed by atoms with Crippen molar-refractivity contribution < 1.29 is 17.9 Å².